The van der Waals surface area contributed by atoms with Crippen molar-refractivity contribution in [2.45, 2.75) is 25.9 Å². The van der Waals surface area contributed by atoms with Gasteiger partial charge in [0.25, 0.3) is 0 Å². The second-order valence-corrected chi connectivity index (χ2v) is 3.65. The van der Waals surface area contributed by atoms with Crippen LogP contribution < -0.4 is 0 Å². The summed E-state index contributed by atoms with van der Waals surface area (Å²) in [5.74, 6) is 0.448. The predicted octanol–water partition coefficient (Wildman–Crippen LogP) is 2.42. The van der Waals surface area contributed by atoms with Crippen molar-refractivity contribution in [3.8, 4) is 0 Å². The van der Waals surface area contributed by atoms with Crippen LogP contribution in [0.1, 0.15) is 19.8 Å². The Hall–Kier alpha value is -0.940. The van der Waals surface area contributed by atoms with Gasteiger partial charge in [-0.15, -0.1) is 0 Å². The molecule has 0 spiro atoms. The molecule has 6 heteroatoms. The van der Waals surface area contributed by atoms with Crippen LogP contribution in [-0.4, -0.2) is 36.9 Å². The van der Waals surface area contributed by atoms with E-state index in [-0.39, 0.29) is 0 Å². The van der Waals surface area contributed by atoms with E-state index in [9.17, 15) is 18.0 Å². The van der Waals surface area contributed by atoms with Crippen molar-refractivity contribution < 1.29 is 22.7 Å². The highest BCUT2D eigenvalue weighted by Crippen LogP contribution is 2.29. The quantitative estimate of drug-likeness (QED) is 0.735. The monoisotopic (exact) mass is 225 g/mol. The van der Waals surface area contributed by atoms with E-state index < -0.39 is 18.9 Å². The highest BCUT2D eigenvalue weighted by molar-refractivity contribution is 5.67. The second kappa shape index (κ2) is 4.72. The van der Waals surface area contributed by atoms with Gasteiger partial charge in [-0.3, -0.25) is 0 Å². The Bertz CT molecular complexity index is 226. The molecule has 88 valence electrons. The van der Waals surface area contributed by atoms with Gasteiger partial charge in [-0.25, -0.2) is 4.79 Å². The van der Waals surface area contributed by atoms with Crippen LogP contribution in [0.2, 0.25) is 0 Å². The van der Waals surface area contributed by atoms with E-state index in [2.05, 4.69) is 4.74 Å². The molecule has 0 aromatic rings. The molecule has 1 rings (SSSR count). The molecule has 0 aromatic heterocycles. The maximum absolute atomic E-state index is 11.8. The molecule has 1 aliphatic carbocycles. The zero-order valence-corrected chi connectivity index (χ0v) is 8.51. The molecule has 0 heterocycles. The second-order valence-electron chi connectivity index (χ2n) is 3.65. The summed E-state index contributed by atoms with van der Waals surface area (Å²) in [5, 5.41) is 0. The first-order valence-electron chi connectivity index (χ1n) is 4.91. The molecule has 1 amide bonds. The molecule has 0 radical (unpaired) electrons. The van der Waals surface area contributed by atoms with E-state index in [4.69, 9.17) is 0 Å². The lowest BCUT2D eigenvalue weighted by Gasteiger charge is -2.20. The molecular formula is C9H14F3NO2. The summed E-state index contributed by atoms with van der Waals surface area (Å²) in [6, 6.07) is 0. The van der Waals surface area contributed by atoms with E-state index in [0.717, 1.165) is 12.8 Å². The minimum Gasteiger partial charge on any atom is -0.440 e. The first-order chi connectivity index (χ1) is 6.92. The van der Waals surface area contributed by atoms with Gasteiger partial charge in [0.2, 0.25) is 0 Å². The largest absolute Gasteiger partial charge is 0.440 e. The van der Waals surface area contributed by atoms with Gasteiger partial charge in [0.15, 0.2) is 6.61 Å². The third-order valence-electron chi connectivity index (χ3n) is 2.17. The number of alkyl halides is 3. The van der Waals surface area contributed by atoms with Crippen LogP contribution >= 0.6 is 0 Å². The Labute approximate surface area is 86.2 Å². The number of amides is 1. The Kier molecular flexibility index (Phi) is 3.82. The Balaban J connectivity index is 2.28. The van der Waals surface area contributed by atoms with Gasteiger partial charge in [0, 0.05) is 13.1 Å². The summed E-state index contributed by atoms with van der Waals surface area (Å²) < 4.78 is 39.4. The van der Waals surface area contributed by atoms with Gasteiger partial charge >= 0.3 is 12.3 Å². The molecule has 3 nitrogen and oxygen atoms in total. The Morgan fingerprint density at radius 2 is 2.07 bits per heavy atom. The highest BCUT2D eigenvalue weighted by Gasteiger charge is 2.32. The minimum absolute atomic E-state index is 0.382. The van der Waals surface area contributed by atoms with Gasteiger partial charge in [-0.05, 0) is 25.7 Å². The molecule has 0 aromatic carbocycles. The minimum atomic E-state index is -4.45. The summed E-state index contributed by atoms with van der Waals surface area (Å²) in [6.45, 7) is 1.10. The van der Waals surface area contributed by atoms with Crippen molar-refractivity contribution in [2.75, 3.05) is 19.7 Å². The molecule has 1 aliphatic rings. The number of nitrogens with zero attached hydrogens (tertiary/aromatic N) is 1. The smallest absolute Gasteiger partial charge is 0.422 e. The fourth-order valence-corrected chi connectivity index (χ4v) is 1.18. The summed E-state index contributed by atoms with van der Waals surface area (Å²) in [6.07, 6.45) is -3.23. The van der Waals surface area contributed by atoms with Crippen LogP contribution in [0.4, 0.5) is 18.0 Å². The average molecular weight is 225 g/mol. The van der Waals surface area contributed by atoms with Crippen molar-refractivity contribution in [1.82, 2.24) is 4.90 Å². The zero-order valence-electron chi connectivity index (χ0n) is 8.51. The SMILES string of the molecule is CCN(CC1CC1)C(=O)OCC(F)(F)F. The standard InChI is InChI=1S/C9H14F3NO2/c1-2-13(5-7-3-4-7)8(14)15-6-9(10,11)12/h7H,2-6H2,1H3. The van der Waals surface area contributed by atoms with Crippen LogP contribution in [0.3, 0.4) is 0 Å². The molecule has 1 saturated carbocycles. The molecule has 0 atom stereocenters. The zero-order chi connectivity index (χ0) is 11.5. The third kappa shape index (κ3) is 4.90. The number of hydrogen-bond acceptors (Lipinski definition) is 2. The Morgan fingerprint density at radius 3 is 2.47 bits per heavy atom. The summed E-state index contributed by atoms with van der Waals surface area (Å²) in [7, 11) is 0. The number of rotatable bonds is 4. The highest BCUT2D eigenvalue weighted by atomic mass is 19.4. The maximum Gasteiger partial charge on any atom is 0.422 e. The summed E-state index contributed by atoms with van der Waals surface area (Å²) in [4.78, 5) is 12.5. The predicted molar refractivity (Wildman–Crippen MR) is 47.4 cm³/mol. The lowest BCUT2D eigenvalue weighted by Crippen LogP contribution is -2.35. The number of hydrogen-bond donors (Lipinski definition) is 0. The van der Waals surface area contributed by atoms with E-state index in [0.29, 0.717) is 19.0 Å². The van der Waals surface area contributed by atoms with Gasteiger partial charge in [-0.1, -0.05) is 0 Å². The molecule has 1 fully saturated rings. The average Bonchev–Trinajstić information content (AvgIpc) is 2.92. The van der Waals surface area contributed by atoms with Gasteiger partial charge in [-0.2, -0.15) is 13.2 Å². The van der Waals surface area contributed by atoms with Gasteiger partial charge in [0.1, 0.15) is 0 Å². The van der Waals surface area contributed by atoms with Crippen molar-refractivity contribution in [3.63, 3.8) is 0 Å². The van der Waals surface area contributed by atoms with E-state index in [1.807, 2.05) is 0 Å². The lowest BCUT2D eigenvalue weighted by atomic mass is 10.4. The maximum atomic E-state index is 11.8. The fourth-order valence-electron chi connectivity index (χ4n) is 1.18. The topological polar surface area (TPSA) is 29.5 Å². The van der Waals surface area contributed by atoms with Crippen LogP contribution in [0.15, 0.2) is 0 Å². The first-order valence-corrected chi connectivity index (χ1v) is 4.91. The van der Waals surface area contributed by atoms with E-state index >= 15 is 0 Å². The molecule has 0 bridgehead atoms. The van der Waals surface area contributed by atoms with Crippen LogP contribution in [-0.2, 0) is 4.74 Å². The number of ether oxygens (including phenoxy) is 1. The Morgan fingerprint density at radius 1 is 1.47 bits per heavy atom. The summed E-state index contributed by atoms with van der Waals surface area (Å²) in [5.41, 5.74) is 0. The van der Waals surface area contributed by atoms with Gasteiger partial charge < -0.3 is 9.64 Å². The van der Waals surface area contributed by atoms with Crippen molar-refractivity contribution in [2.24, 2.45) is 5.92 Å². The molecule has 15 heavy (non-hydrogen) atoms. The van der Waals surface area contributed by atoms with Crippen molar-refractivity contribution in [3.05, 3.63) is 0 Å². The third-order valence-corrected chi connectivity index (χ3v) is 2.17. The molecule has 0 saturated heterocycles. The van der Waals surface area contributed by atoms with Crippen LogP contribution in [0.25, 0.3) is 0 Å². The van der Waals surface area contributed by atoms with E-state index in [1.54, 1.807) is 6.92 Å². The van der Waals surface area contributed by atoms with Crippen molar-refractivity contribution in [1.29, 1.82) is 0 Å². The fraction of sp³-hybridized carbons (Fsp3) is 0.889. The number of halogens is 3. The van der Waals surface area contributed by atoms with Gasteiger partial charge in [0.05, 0.1) is 0 Å². The van der Waals surface area contributed by atoms with E-state index in [1.165, 1.54) is 4.90 Å². The number of carbonyl (C=O) groups is 1. The summed E-state index contributed by atoms with van der Waals surface area (Å²) >= 11 is 0. The molecular weight excluding hydrogens is 211 g/mol. The number of carbonyl (C=O) groups excluding carboxylic acids is 1. The molecule has 0 unspecified atom stereocenters. The normalized spacial score (nSPS) is 16.3. The first kappa shape index (κ1) is 12.1. The van der Waals surface area contributed by atoms with Crippen molar-refractivity contribution >= 4 is 6.09 Å². The molecule has 0 aliphatic heterocycles. The van der Waals surface area contributed by atoms with Crippen LogP contribution in [0, 0.1) is 5.92 Å². The molecule has 0 N–H and O–H groups in total. The van der Waals surface area contributed by atoms with Crippen LogP contribution in [0.5, 0.6) is 0 Å². The lowest BCUT2D eigenvalue weighted by molar-refractivity contribution is -0.162.